The van der Waals surface area contributed by atoms with Gasteiger partial charge in [-0.3, -0.25) is 4.90 Å². The lowest BCUT2D eigenvalue weighted by atomic mass is 10.1. The van der Waals surface area contributed by atoms with Crippen molar-refractivity contribution in [1.29, 1.82) is 0 Å². The summed E-state index contributed by atoms with van der Waals surface area (Å²) >= 11 is 0. The van der Waals surface area contributed by atoms with Gasteiger partial charge in [0.25, 0.3) is 0 Å². The summed E-state index contributed by atoms with van der Waals surface area (Å²) in [5.74, 6) is 2.34. The predicted molar refractivity (Wildman–Crippen MR) is 107 cm³/mol. The molecule has 1 heterocycles. The summed E-state index contributed by atoms with van der Waals surface area (Å²) in [6.07, 6.45) is 1.08. The van der Waals surface area contributed by atoms with Crippen LogP contribution in [0, 0.1) is 0 Å². The van der Waals surface area contributed by atoms with Crippen LogP contribution in [0.1, 0.15) is 11.1 Å². The van der Waals surface area contributed by atoms with E-state index in [1.165, 1.54) is 0 Å². The van der Waals surface area contributed by atoms with Crippen LogP contribution in [0.2, 0.25) is 0 Å². The van der Waals surface area contributed by atoms with Crippen LogP contribution < -0.4 is 14.2 Å². The zero-order chi connectivity index (χ0) is 19.8. The van der Waals surface area contributed by atoms with Gasteiger partial charge in [-0.15, -0.1) is 6.58 Å². The Morgan fingerprint density at radius 1 is 1.14 bits per heavy atom. The highest BCUT2D eigenvalue weighted by Crippen LogP contribution is 2.33. The summed E-state index contributed by atoms with van der Waals surface area (Å²) in [5.41, 5.74) is 2.20. The van der Waals surface area contributed by atoms with E-state index in [4.69, 9.17) is 18.9 Å². The van der Waals surface area contributed by atoms with E-state index >= 15 is 0 Å². The molecule has 0 saturated carbocycles. The molecule has 0 spiro atoms. The molecule has 0 bridgehead atoms. The molecule has 1 aliphatic rings. The molecule has 2 aromatic rings. The minimum atomic E-state index is -0.598. The molecular weight excluding hydrogens is 358 g/mol. The Morgan fingerprint density at radius 2 is 1.93 bits per heavy atom. The summed E-state index contributed by atoms with van der Waals surface area (Å²) < 4.78 is 21.6. The quantitative estimate of drug-likeness (QED) is 0.474. The molecule has 1 aliphatic heterocycles. The second-order valence-corrected chi connectivity index (χ2v) is 6.69. The van der Waals surface area contributed by atoms with Gasteiger partial charge in [0.05, 0.1) is 26.4 Å². The number of ether oxygens (including phenoxy) is 4. The third kappa shape index (κ3) is 5.73. The highest BCUT2D eigenvalue weighted by atomic mass is 16.7. The zero-order valence-electron chi connectivity index (χ0n) is 16.2. The Morgan fingerprint density at radius 3 is 2.71 bits per heavy atom. The number of aliphatic hydroxyl groups excluding tert-OH is 1. The zero-order valence-corrected chi connectivity index (χ0v) is 16.2. The lowest BCUT2D eigenvalue weighted by molar-refractivity contribution is 0.0228. The molecule has 0 aliphatic carbocycles. The van der Waals surface area contributed by atoms with Crippen molar-refractivity contribution in [3.63, 3.8) is 0 Å². The van der Waals surface area contributed by atoms with Gasteiger partial charge in [-0.25, -0.2) is 0 Å². The summed E-state index contributed by atoms with van der Waals surface area (Å²) in [4.78, 5) is 2.17. The smallest absolute Gasteiger partial charge is 0.231 e. The minimum absolute atomic E-state index is 0.256. The van der Waals surface area contributed by atoms with Crippen LogP contribution in [0.5, 0.6) is 17.2 Å². The van der Waals surface area contributed by atoms with Crippen molar-refractivity contribution in [2.75, 3.05) is 33.7 Å². The maximum atomic E-state index is 10.4. The Labute approximate surface area is 165 Å². The van der Waals surface area contributed by atoms with E-state index in [0.717, 1.165) is 28.4 Å². The average molecular weight is 385 g/mol. The topological polar surface area (TPSA) is 60.4 Å². The van der Waals surface area contributed by atoms with Crippen LogP contribution in [0.25, 0.3) is 0 Å². The molecule has 1 N–H and O–H groups in total. The SMILES string of the molecule is C=CCOC[C@@H](O)CN(Cc1cccc(OC)c1)Cc1ccc2c(c1)OCO2. The fraction of sp³-hybridized carbons (Fsp3) is 0.364. The maximum absolute atomic E-state index is 10.4. The van der Waals surface area contributed by atoms with E-state index in [0.29, 0.717) is 26.2 Å². The molecule has 150 valence electrons. The van der Waals surface area contributed by atoms with Crippen molar-refractivity contribution < 1.29 is 24.1 Å². The lowest BCUT2D eigenvalue weighted by Crippen LogP contribution is -2.34. The molecule has 3 rings (SSSR count). The first-order valence-electron chi connectivity index (χ1n) is 9.28. The molecule has 0 amide bonds. The van der Waals surface area contributed by atoms with E-state index in [9.17, 15) is 5.11 Å². The van der Waals surface area contributed by atoms with Crippen LogP contribution in [0.4, 0.5) is 0 Å². The molecule has 0 saturated heterocycles. The van der Waals surface area contributed by atoms with Crippen molar-refractivity contribution in [2.45, 2.75) is 19.2 Å². The molecule has 2 aromatic carbocycles. The predicted octanol–water partition coefficient (Wildman–Crippen LogP) is 2.99. The Kier molecular flexibility index (Phi) is 7.31. The highest BCUT2D eigenvalue weighted by Gasteiger charge is 2.17. The summed E-state index contributed by atoms with van der Waals surface area (Å²) in [6, 6.07) is 13.9. The molecule has 0 aromatic heterocycles. The third-order valence-corrected chi connectivity index (χ3v) is 4.40. The van der Waals surface area contributed by atoms with Gasteiger partial charge in [-0.2, -0.15) is 0 Å². The monoisotopic (exact) mass is 385 g/mol. The van der Waals surface area contributed by atoms with Crippen molar-refractivity contribution >= 4 is 0 Å². The van der Waals surface area contributed by atoms with Crippen molar-refractivity contribution in [2.24, 2.45) is 0 Å². The number of hydrogen-bond donors (Lipinski definition) is 1. The number of fused-ring (bicyclic) bond motifs is 1. The van der Waals surface area contributed by atoms with E-state index in [2.05, 4.69) is 17.5 Å². The molecule has 0 unspecified atom stereocenters. The van der Waals surface area contributed by atoms with E-state index in [-0.39, 0.29) is 13.4 Å². The maximum Gasteiger partial charge on any atom is 0.231 e. The van der Waals surface area contributed by atoms with Gasteiger partial charge >= 0.3 is 0 Å². The fourth-order valence-corrected chi connectivity index (χ4v) is 3.15. The number of rotatable bonds is 11. The Balaban J connectivity index is 1.70. The van der Waals surface area contributed by atoms with Gasteiger partial charge in [-0.05, 0) is 35.4 Å². The first kappa shape index (κ1) is 20.2. The summed E-state index contributed by atoms with van der Waals surface area (Å²) in [7, 11) is 1.66. The lowest BCUT2D eigenvalue weighted by Gasteiger charge is -2.25. The normalized spacial score (nSPS) is 13.5. The van der Waals surface area contributed by atoms with E-state index < -0.39 is 6.10 Å². The van der Waals surface area contributed by atoms with Crippen molar-refractivity contribution in [3.05, 3.63) is 66.2 Å². The van der Waals surface area contributed by atoms with Gasteiger partial charge in [0.2, 0.25) is 6.79 Å². The van der Waals surface area contributed by atoms with Gasteiger partial charge < -0.3 is 24.1 Å². The van der Waals surface area contributed by atoms with Crippen LogP contribution in [0.3, 0.4) is 0 Å². The minimum Gasteiger partial charge on any atom is -0.497 e. The molecule has 6 nitrogen and oxygen atoms in total. The molecule has 6 heteroatoms. The highest BCUT2D eigenvalue weighted by molar-refractivity contribution is 5.44. The van der Waals surface area contributed by atoms with E-state index in [1.54, 1.807) is 13.2 Å². The van der Waals surface area contributed by atoms with Crippen LogP contribution >= 0.6 is 0 Å². The summed E-state index contributed by atoms with van der Waals surface area (Å²) in [6.45, 7) is 6.38. The number of aliphatic hydroxyl groups is 1. The molecule has 1 atom stereocenters. The first-order valence-corrected chi connectivity index (χ1v) is 9.28. The second-order valence-electron chi connectivity index (χ2n) is 6.69. The first-order chi connectivity index (χ1) is 13.7. The molecule has 0 fully saturated rings. The van der Waals surface area contributed by atoms with Gasteiger partial charge in [0.15, 0.2) is 11.5 Å². The molecular formula is C22H27NO5. The van der Waals surface area contributed by atoms with Gasteiger partial charge in [0.1, 0.15) is 5.75 Å². The van der Waals surface area contributed by atoms with Crippen LogP contribution in [0.15, 0.2) is 55.1 Å². The Hall–Kier alpha value is -2.54. The fourth-order valence-electron chi connectivity index (χ4n) is 3.15. The number of benzene rings is 2. The number of methoxy groups -OCH3 is 1. The summed E-state index contributed by atoms with van der Waals surface area (Å²) in [5, 5.41) is 10.4. The number of hydrogen-bond acceptors (Lipinski definition) is 6. The van der Waals surface area contributed by atoms with Crippen LogP contribution in [-0.4, -0.2) is 49.8 Å². The molecule has 28 heavy (non-hydrogen) atoms. The van der Waals surface area contributed by atoms with Crippen molar-refractivity contribution in [3.8, 4) is 17.2 Å². The van der Waals surface area contributed by atoms with E-state index in [1.807, 2.05) is 36.4 Å². The second kappa shape index (κ2) is 10.1. The van der Waals surface area contributed by atoms with Crippen molar-refractivity contribution in [1.82, 2.24) is 4.90 Å². The van der Waals surface area contributed by atoms with Crippen LogP contribution in [-0.2, 0) is 17.8 Å². The average Bonchev–Trinajstić information content (AvgIpc) is 3.16. The standard InChI is InChI=1S/C22H27NO5/c1-3-9-26-15-19(24)14-23(12-17-5-4-6-20(10-17)25-2)13-18-7-8-21-22(11-18)28-16-27-21/h3-8,10-11,19,24H,1,9,12-16H2,2H3/t19-/m0/s1. The largest absolute Gasteiger partial charge is 0.497 e. The third-order valence-electron chi connectivity index (χ3n) is 4.40. The van der Waals surface area contributed by atoms with Gasteiger partial charge in [0, 0.05) is 19.6 Å². The number of nitrogens with zero attached hydrogens (tertiary/aromatic N) is 1. The Bertz CT molecular complexity index is 779. The molecule has 0 radical (unpaired) electrons. The van der Waals surface area contributed by atoms with Gasteiger partial charge in [-0.1, -0.05) is 24.3 Å².